The van der Waals surface area contributed by atoms with Crippen molar-refractivity contribution in [2.75, 3.05) is 13.2 Å². The molecule has 2 unspecified atom stereocenters. The average Bonchev–Trinajstić information content (AvgIpc) is 2.36. The van der Waals surface area contributed by atoms with Gasteiger partial charge in [0, 0.05) is 6.61 Å². The van der Waals surface area contributed by atoms with Crippen molar-refractivity contribution in [3.63, 3.8) is 0 Å². The van der Waals surface area contributed by atoms with Gasteiger partial charge in [-0.1, -0.05) is 43.2 Å². The lowest BCUT2D eigenvalue weighted by Gasteiger charge is -2.28. The van der Waals surface area contributed by atoms with Gasteiger partial charge in [-0.3, -0.25) is 0 Å². The van der Waals surface area contributed by atoms with E-state index in [0.717, 1.165) is 26.0 Å². The molecule has 0 amide bonds. The van der Waals surface area contributed by atoms with Crippen LogP contribution in [0.25, 0.3) is 0 Å². The van der Waals surface area contributed by atoms with Gasteiger partial charge in [-0.25, -0.2) is 0 Å². The monoisotopic (exact) mass is 263 g/mol. The smallest absolute Gasteiger partial charge is 0.0766 e. The summed E-state index contributed by atoms with van der Waals surface area (Å²) in [5, 5.41) is 3.65. The van der Waals surface area contributed by atoms with E-state index < -0.39 is 0 Å². The van der Waals surface area contributed by atoms with Crippen molar-refractivity contribution < 1.29 is 4.74 Å². The van der Waals surface area contributed by atoms with Gasteiger partial charge in [0.05, 0.1) is 12.1 Å². The molecule has 0 radical (unpaired) electrons. The maximum atomic E-state index is 5.92. The van der Waals surface area contributed by atoms with Crippen molar-refractivity contribution >= 4 is 0 Å². The minimum absolute atomic E-state index is 0.248. The second-order valence-electron chi connectivity index (χ2n) is 5.25. The van der Waals surface area contributed by atoms with Crippen LogP contribution in [0.3, 0.4) is 0 Å². The van der Waals surface area contributed by atoms with Gasteiger partial charge in [0.1, 0.15) is 0 Å². The van der Waals surface area contributed by atoms with E-state index in [0.29, 0.717) is 6.04 Å². The Balaban J connectivity index is 2.99. The average molecular weight is 263 g/mol. The Hall–Kier alpha value is -0.860. The van der Waals surface area contributed by atoms with Crippen molar-refractivity contribution in [3.8, 4) is 0 Å². The van der Waals surface area contributed by atoms with E-state index in [1.807, 2.05) is 0 Å². The molecule has 1 aromatic rings. The van der Waals surface area contributed by atoms with Crippen molar-refractivity contribution in [2.45, 2.75) is 59.6 Å². The molecule has 0 bridgehead atoms. The first kappa shape index (κ1) is 16.2. The lowest BCUT2D eigenvalue weighted by atomic mass is 9.96. The molecule has 0 aliphatic rings. The summed E-state index contributed by atoms with van der Waals surface area (Å²) in [7, 11) is 0. The van der Waals surface area contributed by atoms with Gasteiger partial charge < -0.3 is 10.1 Å². The molecule has 0 aliphatic heterocycles. The van der Waals surface area contributed by atoms with E-state index in [-0.39, 0.29) is 6.10 Å². The maximum absolute atomic E-state index is 5.92. The first-order valence-corrected chi connectivity index (χ1v) is 7.55. The Morgan fingerprint density at radius 1 is 1.05 bits per heavy atom. The zero-order valence-electron chi connectivity index (χ0n) is 13.1. The largest absolute Gasteiger partial charge is 0.377 e. The molecule has 108 valence electrons. The molecular formula is C17H29NO. The number of benzene rings is 1. The number of rotatable bonds is 8. The third-order valence-electron chi connectivity index (χ3n) is 3.37. The second kappa shape index (κ2) is 8.34. The van der Waals surface area contributed by atoms with Crippen LogP contribution in [0.1, 0.15) is 56.3 Å². The fraction of sp³-hybridized carbons (Fsp3) is 0.647. The van der Waals surface area contributed by atoms with Gasteiger partial charge in [-0.05, 0) is 45.7 Å². The van der Waals surface area contributed by atoms with Crippen LogP contribution < -0.4 is 5.32 Å². The van der Waals surface area contributed by atoms with Crippen LogP contribution in [0.15, 0.2) is 18.2 Å². The van der Waals surface area contributed by atoms with E-state index in [9.17, 15) is 0 Å². The third-order valence-corrected chi connectivity index (χ3v) is 3.37. The zero-order valence-corrected chi connectivity index (χ0v) is 13.1. The van der Waals surface area contributed by atoms with E-state index >= 15 is 0 Å². The topological polar surface area (TPSA) is 21.3 Å². The second-order valence-corrected chi connectivity index (χ2v) is 5.25. The standard InChI is InChI=1S/C17H29NO/c1-6-9-18-17(16(7-2)19-8-3)15-11-13(4)10-14(5)12-15/h10-12,16-18H,6-9H2,1-5H3. The van der Waals surface area contributed by atoms with E-state index in [4.69, 9.17) is 4.74 Å². The van der Waals surface area contributed by atoms with Gasteiger partial charge in [0.2, 0.25) is 0 Å². The van der Waals surface area contributed by atoms with Crippen molar-refractivity contribution in [1.29, 1.82) is 0 Å². The molecular weight excluding hydrogens is 234 g/mol. The molecule has 0 aromatic heterocycles. The summed E-state index contributed by atoms with van der Waals surface area (Å²) in [6.45, 7) is 12.6. The van der Waals surface area contributed by atoms with Crippen LogP contribution in [0.5, 0.6) is 0 Å². The summed E-state index contributed by atoms with van der Waals surface area (Å²) < 4.78 is 5.92. The van der Waals surface area contributed by atoms with Gasteiger partial charge in [0.15, 0.2) is 0 Å². The first-order valence-electron chi connectivity index (χ1n) is 7.55. The highest BCUT2D eigenvalue weighted by Gasteiger charge is 2.21. The lowest BCUT2D eigenvalue weighted by molar-refractivity contribution is 0.0314. The van der Waals surface area contributed by atoms with Crippen molar-refractivity contribution in [3.05, 3.63) is 34.9 Å². The highest BCUT2D eigenvalue weighted by molar-refractivity contribution is 5.31. The van der Waals surface area contributed by atoms with Gasteiger partial charge in [-0.2, -0.15) is 0 Å². The van der Waals surface area contributed by atoms with Crippen LogP contribution in [0.2, 0.25) is 0 Å². The fourth-order valence-corrected chi connectivity index (χ4v) is 2.62. The molecule has 2 heteroatoms. The molecule has 0 aliphatic carbocycles. The highest BCUT2D eigenvalue weighted by atomic mass is 16.5. The summed E-state index contributed by atoms with van der Waals surface area (Å²) in [6, 6.07) is 7.08. The van der Waals surface area contributed by atoms with E-state index in [1.54, 1.807) is 0 Å². The first-order chi connectivity index (χ1) is 9.12. The third kappa shape index (κ3) is 4.96. The maximum Gasteiger partial charge on any atom is 0.0766 e. The highest BCUT2D eigenvalue weighted by Crippen LogP contribution is 2.24. The van der Waals surface area contributed by atoms with Gasteiger partial charge in [0.25, 0.3) is 0 Å². The Labute approximate surface area is 118 Å². The van der Waals surface area contributed by atoms with Crippen LogP contribution in [0.4, 0.5) is 0 Å². The zero-order chi connectivity index (χ0) is 14.3. The minimum atomic E-state index is 0.248. The van der Waals surface area contributed by atoms with Crippen LogP contribution >= 0.6 is 0 Å². The van der Waals surface area contributed by atoms with Gasteiger partial charge >= 0.3 is 0 Å². The number of aryl methyl sites for hydroxylation is 2. The summed E-state index contributed by atoms with van der Waals surface area (Å²) in [5.74, 6) is 0. The molecule has 1 aromatic carbocycles. The molecule has 2 atom stereocenters. The number of nitrogens with one attached hydrogen (secondary N) is 1. The summed E-state index contributed by atoms with van der Waals surface area (Å²) in [5.41, 5.74) is 4.00. The SMILES string of the molecule is CCCNC(c1cc(C)cc(C)c1)C(CC)OCC. The predicted molar refractivity (Wildman–Crippen MR) is 82.7 cm³/mol. The Morgan fingerprint density at radius 2 is 1.68 bits per heavy atom. The Morgan fingerprint density at radius 3 is 2.16 bits per heavy atom. The van der Waals surface area contributed by atoms with Crippen LogP contribution in [-0.2, 0) is 4.74 Å². The lowest BCUT2D eigenvalue weighted by Crippen LogP contribution is -2.34. The van der Waals surface area contributed by atoms with Crippen LogP contribution in [0, 0.1) is 13.8 Å². The fourth-order valence-electron chi connectivity index (χ4n) is 2.62. The molecule has 1 N–H and O–H groups in total. The summed E-state index contributed by atoms with van der Waals surface area (Å²) in [6.07, 6.45) is 2.42. The molecule has 19 heavy (non-hydrogen) atoms. The Kier molecular flexibility index (Phi) is 7.11. The van der Waals surface area contributed by atoms with E-state index in [1.165, 1.54) is 16.7 Å². The molecule has 1 rings (SSSR count). The quantitative estimate of drug-likeness (QED) is 0.760. The molecule has 0 heterocycles. The summed E-state index contributed by atoms with van der Waals surface area (Å²) in [4.78, 5) is 0. The number of hydrogen-bond donors (Lipinski definition) is 1. The van der Waals surface area contributed by atoms with Crippen molar-refractivity contribution in [2.24, 2.45) is 0 Å². The molecule has 0 saturated carbocycles. The van der Waals surface area contributed by atoms with Crippen LogP contribution in [-0.4, -0.2) is 19.3 Å². The molecule has 0 saturated heterocycles. The minimum Gasteiger partial charge on any atom is -0.377 e. The van der Waals surface area contributed by atoms with Crippen molar-refractivity contribution in [1.82, 2.24) is 5.32 Å². The molecule has 0 spiro atoms. The predicted octanol–water partition coefficient (Wildman–Crippen LogP) is 4.16. The number of ether oxygens (including phenoxy) is 1. The molecule has 2 nitrogen and oxygen atoms in total. The number of hydrogen-bond acceptors (Lipinski definition) is 2. The summed E-state index contributed by atoms with van der Waals surface area (Å²) >= 11 is 0. The van der Waals surface area contributed by atoms with Gasteiger partial charge in [-0.15, -0.1) is 0 Å². The molecule has 0 fully saturated rings. The Bertz CT molecular complexity index is 355. The van der Waals surface area contributed by atoms with E-state index in [2.05, 4.69) is 58.1 Å². The normalized spacial score (nSPS) is 14.4.